The van der Waals surface area contributed by atoms with Crippen LogP contribution in [0.15, 0.2) is 36.4 Å². The summed E-state index contributed by atoms with van der Waals surface area (Å²) in [4.78, 5) is 11.6. The molecule has 1 unspecified atom stereocenters. The molecule has 0 aliphatic carbocycles. The third kappa shape index (κ3) is 4.08. The first-order valence-electron chi connectivity index (χ1n) is 7.50. The van der Waals surface area contributed by atoms with Gasteiger partial charge in [0.15, 0.2) is 0 Å². The summed E-state index contributed by atoms with van der Waals surface area (Å²) in [7, 11) is 1.45. The fraction of sp³-hybridized carbons (Fsp3) is 0.278. The molecule has 128 valence electrons. The summed E-state index contributed by atoms with van der Waals surface area (Å²) in [6, 6.07) is 7.49. The summed E-state index contributed by atoms with van der Waals surface area (Å²) in [5.41, 5.74) is 6.82. The van der Waals surface area contributed by atoms with Crippen molar-refractivity contribution >= 4 is 5.97 Å². The molecule has 2 N–H and O–H groups in total. The SMILES string of the molecule is CCOC(=O)CC(N)c1cc(OC)cc(-c2ccc(F)cc2)c1F. The van der Waals surface area contributed by atoms with Gasteiger partial charge in [-0.25, -0.2) is 8.78 Å². The molecule has 2 aromatic rings. The second kappa shape index (κ2) is 7.88. The highest BCUT2D eigenvalue weighted by Gasteiger charge is 2.21. The largest absolute Gasteiger partial charge is 0.497 e. The van der Waals surface area contributed by atoms with E-state index in [4.69, 9.17) is 15.2 Å². The molecule has 4 nitrogen and oxygen atoms in total. The number of benzene rings is 2. The number of halogens is 2. The monoisotopic (exact) mass is 335 g/mol. The number of hydrogen-bond acceptors (Lipinski definition) is 4. The zero-order chi connectivity index (χ0) is 17.7. The van der Waals surface area contributed by atoms with E-state index in [1.54, 1.807) is 6.92 Å². The Morgan fingerprint density at radius 2 is 1.88 bits per heavy atom. The highest BCUT2D eigenvalue weighted by Crippen LogP contribution is 2.33. The molecular formula is C18H19F2NO3. The van der Waals surface area contributed by atoms with Crippen LogP contribution in [-0.2, 0) is 9.53 Å². The van der Waals surface area contributed by atoms with Gasteiger partial charge < -0.3 is 15.2 Å². The van der Waals surface area contributed by atoms with Gasteiger partial charge in [-0.05, 0) is 36.8 Å². The Morgan fingerprint density at radius 3 is 2.46 bits per heavy atom. The standard InChI is InChI=1S/C18H19F2NO3/c1-3-24-17(22)10-16(21)15-9-13(23-2)8-14(18(15)20)11-4-6-12(19)7-5-11/h4-9,16H,3,10,21H2,1-2H3. The van der Waals surface area contributed by atoms with E-state index in [0.29, 0.717) is 11.3 Å². The number of nitrogens with two attached hydrogens (primary N) is 1. The fourth-order valence-electron chi connectivity index (χ4n) is 2.36. The van der Waals surface area contributed by atoms with Gasteiger partial charge in [-0.3, -0.25) is 4.79 Å². The third-order valence-corrected chi connectivity index (χ3v) is 3.56. The quantitative estimate of drug-likeness (QED) is 0.820. The van der Waals surface area contributed by atoms with Crippen LogP contribution in [0.2, 0.25) is 0 Å². The topological polar surface area (TPSA) is 61.5 Å². The minimum atomic E-state index is -0.877. The minimum absolute atomic E-state index is 0.140. The number of ether oxygens (including phenoxy) is 2. The summed E-state index contributed by atoms with van der Waals surface area (Å²) in [5, 5.41) is 0. The van der Waals surface area contributed by atoms with Crippen molar-refractivity contribution in [3.63, 3.8) is 0 Å². The van der Waals surface area contributed by atoms with Crippen LogP contribution in [-0.4, -0.2) is 19.7 Å². The van der Waals surface area contributed by atoms with Crippen LogP contribution in [0, 0.1) is 11.6 Å². The van der Waals surface area contributed by atoms with Gasteiger partial charge >= 0.3 is 5.97 Å². The van der Waals surface area contributed by atoms with E-state index in [9.17, 15) is 13.6 Å². The summed E-state index contributed by atoms with van der Waals surface area (Å²) in [5.74, 6) is -1.10. The van der Waals surface area contributed by atoms with Gasteiger partial charge in [0.2, 0.25) is 0 Å². The second-order valence-electron chi connectivity index (χ2n) is 5.20. The number of carbonyl (C=O) groups excluding carboxylic acids is 1. The second-order valence-corrected chi connectivity index (χ2v) is 5.20. The van der Waals surface area contributed by atoms with Gasteiger partial charge in [-0.15, -0.1) is 0 Å². The Kier molecular flexibility index (Phi) is 5.87. The number of carbonyl (C=O) groups is 1. The average Bonchev–Trinajstić information content (AvgIpc) is 2.56. The van der Waals surface area contributed by atoms with Crippen LogP contribution >= 0.6 is 0 Å². The van der Waals surface area contributed by atoms with Crippen molar-refractivity contribution in [2.75, 3.05) is 13.7 Å². The Balaban J connectivity index is 2.43. The predicted octanol–water partition coefficient (Wildman–Crippen LogP) is 3.59. The van der Waals surface area contributed by atoms with Crippen LogP contribution in [0.1, 0.15) is 24.9 Å². The van der Waals surface area contributed by atoms with Crippen molar-refractivity contribution in [3.8, 4) is 16.9 Å². The maximum atomic E-state index is 14.9. The highest BCUT2D eigenvalue weighted by atomic mass is 19.1. The molecule has 0 aliphatic rings. The lowest BCUT2D eigenvalue weighted by Gasteiger charge is -2.16. The van der Waals surface area contributed by atoms with Crippen LogP contribution in [0.4, 0.5) is 8.78 Å². The summed E-state index contributed by atoms with van der Waals surface area (Å²) in [6.07, 6.45) is -0.152. The molecule has 0 fully saturated rings. The average molecular weight is 335 g/mol. The molecule has 0 saturated carbocycles. The molecular weight excluding hydrogens is 316 g/mol. The number of esters is 1. The first-order chi connectivity index (χ1) is 11.5. The molecule has 0 bridgehead atoms. The molecule has 24 heavy (non-hydrogen) atoms. The van der Waals surface area contributed by atoms with Crippen molar-refractivity contribution in [2.24, 2.45) is 5.73 Å². The van der Waals surface area contributed by atoms with Crippen LogP contribution in [0.25, 0.3) is 11.1 Å². The molecule has 0 amide bonds. The molecule has 0 spiro atoms. The summed E-state index contributed by atoms with van der Waals surface area (Å²) >= 11 is 0. The predicted molar refractivity (Wildman–Crippen MR) is 86.5 cm³/mol. The van der Waals surface area contributed by atoms with E-state index in [1.165, 1.54) is 43.5 Å². The van der Waals surface area contributed by atoms with E-state index in [2.05, 4.69) is 0 Å². The molecule has 6 heteroatoms. The summed E-state index contributed by atoms with van der Waals surface area (Å²) in [6.45, 7) is 1.91. The minimum Gasteiger partial charge on any atom is -0.497 e. The van der Waals surface area contributed by atoms with Gasteiger partial charge in [-0.1, -0.05) is 12.1 Å². The van der Waals surface area contributed by atoms with Gasteiger partial charge in [0.1, 0.15) is 17.4 Å². The first kappa shape index (κ1) is 17.9. The van der Waals surface area contributed by atoms with Crippen molar-refractivity contribution < 1.29 is 23.0 Å². The lowest BCUT2D eigenvalue weighted by molar-refractivity contribution is -0.143. The zero-order valence-corrected chi connectivity index (χ0v) is 13.5. The van der Waals surface area contributed by atoms with Gasteiger partial charge in [0.25, 0.3) is 0 Å². The van der Waals surface area contributed by atoms with Gasteiger partial charge in [0.05, 0.1) is 20.1 Å². The molecule has 0 saturated heterocycles. The molecule has 0 aliphatic heterocycles. The van der Waals surface area contributed by atoms with Gasteiger partial charge in [0, 0.05) is 17.2 Å². The number of rotatable bonds is 6. The maximum Gasteiger partial charge on any atom is 0.307 e. The first-order valence-corrected chi connectivity index (χ1v) is 7.50. The summed E-state index contributed by atoms with van der Waals surface area (Å²) < 4.78 is 38.0. The van der Waals surface area contributed by atoms with Crippen LogP contribution < -0.4 is 10.5 Å². The Hall–Kier alpha value is -2.47. The van der Waals surface area contributed by atoms with Gasteiger partial charge in [-0.2, -0.15) is 0 Å². The smallest absolute Gasteiger partial charge is 0.307 e. The number of methoxy groups -OCH3 is 1. The van der Waals surface area contributed by atoms with E-state index < -0.39 is 23.6 Å². The van der Waals surface area contributed by atoms with Crippen LogP contribution in [0.3, 0.4) is 0 Å². The molecule has 1 atom stereocenters. The fourth-order valence-corrected chi connectivity index (χ4v) is 2.36. The van der Waals surface area contributed by atoms with Crippen molar-refractivity contribution in [2.45, 2.75) is 19.4 Å². The molecule has 0 radical (unpaired) electrons. The zero-order valence-electron chi connectivity index (χ0n) is 13.5. The van der Waals surface area contributed by atoms with Crippen molar-refractivity contribution in [3.05, 3.63) is 53.6 Å². The normalized spacial score (nSPS) is 11.9. The Labute approximate surface area is 139 Å². The van der Waals surface area contributed by atoms with Crippen molar-refractivity contribution in [1.29, 1.82) is 0 Å². The van der Waals surface area contributed by atoms with Crippen LogP contribution in [0.5, 0.6) is 5.75 Å². The lowest BCUT2D eigenvalue weighted by Crippen LogP contribution is -2.19. The Morgan fingerprint density at radius 1 is 1.21 bits per heavy atom. The van der Waals surface area contributed by atoms with E-state index >= 15 is 0 Å². The molecule has 0 heterocycles. The Bertz CT molecular complexity index is 717. The lowest BCUT2D eigenvalue weighted by atomic mass is 9.96. The maximum absolute atomic E-state index is 14.9. The van der Waals surface area contributed by atoms with E-state index in [1.807, 2.05) is 0 Å². The van der Waals surface area contributed by atoms with E-state index in [-0.39, 0.29) is 24.2 Å². The molecule has 2 aromatic carbocycles. The number of hydrogen-bond donors (Lipinski definition) is 1. The highest BCUT2D eigenvalue weighted by molar-refractivity contribution is 5.71. The molecule has 0 aromatic heterocycles. The van der Waals surface area contributed by atoms with E-state index in [0.717, 1.165) is 0 Å². The molecule has 2 rings (SSSR count). The third-order valence-electron chi connectivity index (χ3n) is 3.56. The van der Waals surface area contributed by atoms with Crippen molar-refractivity contribution in [1.82, 2.24) is 0 Å².